The van der Waals surface area contributed by atoms with E-state index in [1.807, 2.05) is 102 Å². The molecule has 2 rings (SSSR count). The van der Waals surface area contributed by atoms with E-state index < -0.39 is 0 Å². The Morgan fingerprint density at radius 2 is 1.21 bits per heavy atom. The second-order valence-electron chi connectivity index (χ2n) is 8.12. The fourth-order valence-corrected chi connectivity index (χ4v) is 2.16. The Morgan fingerprint density at radius 1 is 0.792 bits per heavy atom. The van der Waals surface area contributed by atoms with Crippen molar-refractivity contribution < 1.29 is 9.90 Å². The van der Waals surface area contributed by atoms with Crippen molar-refractivity contribution in [1.82, 2.24) is 0 Å². The first-order chi connectivity index (χ1) is 11.0. The average Bonchev–Trinajstić information content (AvgIpc) is 2.54. The fourth-order valence-electron chi connectivity index (χ4n) is 2.16. The van der Waals surface area contributed by atoms with Crippen LogP contribution in [0.25, 0.3) is 0 Å². The van der Waals surface area contributed by atoms with Crippen molar-refractivity contribution in [2.45, 2.75) is 47.6 Å². The molecule has 24 heavy (non-hydrogen) atoms. The highest BCUT2D eigenvalue weighted by atomic mass is 16.3. The largest absolute Gasteiger partial charge is 0.388 e. The minimum absolute atomic E-state index is 0.0820. The number of Topliss-reactive ketones (excluding diaryl/α,β-unsaturated/α-hetero) is 1. The second kappa shape index (κ2) is 8.25. The Kier molecular flexibility index (Phi) is 6.92. The predicted octanol–water partition coefficient (Wildman–Crippen LogP) is 5.68. The third-order valence-electron chi connectivity index (χ3n) is 3.65. The quantitative estimate of drug-likeness (QED) is 0.721. The lowest BCUT2D eigenvalue weighted by atomic mass is 9.85. The molecule has 2 heteroatoms. The van der Waals surface area contributed by atoms with Gasteiger partial charge in [-0.2, -0.15) is 0 Å². The van der Waals surface area contributed by atoms with Crippen molar-refractivity contribution in [3.8, 4) is 0 Å². The smallest absolute Gasteiger partial charge is 0.168 e. The lowest BCUT2D eigenvalue weighted by Gasteiger charge is -2.25. The van der Waals surface area contributed by atoms with Crippen LogP contribution in [0, 0.1) is 10.8 Å². The van der Waals surface area contributed by atoms with Gasteiger partial charge in [-0.05, 0) is 11.0 Å². The molecule has 1 unspecified atom stereocenters. The van der Waals surface area contributed by atoms with E-state index in [1.165, 1.54) is 0 Å². The summed E-state index contributed by atoms with van der Waals surface area (Å²) in [5.41, 5.74) is 1.43. The molecule has 130 valence electrons. The number of aliphatic hydroxyl groups is 1. The van der Waals surface area contributed by atoms with Crippen LogP contribution in [-0.2, 0) is 0 Å². The van der Waals surface area contributed by atoms with E-state index in [-0.39, 0.29) is 22.7 Å². The molecule has 1 atom stereocenters. The molecule has 0 saturated heterocycles. The average molecular weight is 326 g/mol. The molecule has 0 radical (unpaired) electrons. The van der Waals surface area contributed by atoms with Crippen LogP contribution in [0.5, 0.6) is 0 Å². The number of aliphatic hydroxyl groups excluding tert-OH is 1. The van der Waals surface area contributed by atoms with E-state index >= 15 is 0 Å². The van der Waals surface area contributed by atoms with Gasteiger partial charge in [0.15, 0.2) is 5.78 Å². The Hall–Kier alpha value is -1.93. The van der Waals surface area contributed by atoms with E-state index in [0.717, 1.165) is 11.1 Å². The van der Waals surface area contributed by atoms with E-state index in [4.69, 9.17) is 0 Å². The van der Waals surface area contributed by atoms with Crippen molar-refractivity contribution in [3.63, 3.8) is 0 Å². The van der Waals surface area contributed by atoms with Gasteiger partial charge in [0.05, 0.1) is 6.10 Å². The Morgan fingerprint density at radius 3 is 1.58 bits per heavy atom. The van der Waals surface area contributed by atoms with E-state index in [9.17, 15) is 9.90 Å². The highest BCUT2D eigenvalue weighted by Gasteiger charge is 2.23. The molecular weight excluding hydrogens is 296 g/mol. The molecule has 1 N–H and O–H groups in total. The highest BCUT2D eigenvalue weighted by Crippen LogP contribution is 2.31. The lowest BCUT2D eigenvalue weighted by molar-refractivity contribution is 0.0627. The predicted molar refractivity (Wildman–Crippen MR) is 101 cm³/mol. The summed E-state index contributed by atoms with van der Waals surface area (Å²) < 4.78 is 0. The van der Waals surface area contributed by atoms with E-state index in [2.05, 4.69) is 0 Å². The van der Waals surface area contributed by atoms with Gasteiger partial charge in [-0.15, -0.1) is 0 Å². The molecule has 0 amide bonds. The molecule has 2 nitrogen and oxygen atoms in total. The van der Waals surface area contributed by atoms with Crippen molar-refractivity contribution >= 4 is 5.78 Å². The van der Waals surface area contributed by atoms with Crippen molar-refractivity contribution in [3.05, 3.63) is 71.8 Å². The van der Waals surface area contributed by atoms with Crippen LogP contribution in [0.15, 0.2) is 60.7 Å². The zero-order chi connectivity index (χ0) is 18.4. The topological polar surface area (TPSA) is 37.3 Å². The summed E-state index contributed by atoms with van der Waals surface area (Å²) in [6.45, 7) is 11.9. The van der Waals surface area contributed by atoms with E-state index in [0.29, 0.717) is 0 Å². The molecule has 0 aliphatic carbocycles. The van der Waals surface area contributed by atoms with Gasteiger partial charge < -0.3 is 5.11 Å². The number of ketones is 1. The number of hydrogen-bond acceptors (Lipinski definition) is 2. The monoisotopic (exact) mass is 326 g/mol. The number of hydrogen-bond donors (Lipinski definition) is 1. The van der Waals surface area contributed by atoms with Gasteiger partial charge in [0.2, 0.25) is 0 Å². The Labute approximate surface area is 146 Å². The van der Waals surface area contributed by atoms with Gasteiger partial charge in [0.1, 0.15) is 0 Å². The Balaban J connectivity index is 0.000000240. The van der Waals surface area contributed by atoms with Crippen LogP contribution in [0.4, 0.5) is 0 Å². The van der Waals surface area contributed by atoms with Crippen LogP contribution < -0.4 is 0 Å². The number of rotatable bonds is 2. The summed E-state index contributed by atoms with van der Waals surface area (Å²) >= 11 is 0. The summed E-state index contributed by atoms with van der Waals surface area (Å²) in [4.78, 5) is 11.7. The standard InChI is InChI=1S/C11H16O.C11H14O/c2*1-11(2,3)10(12)9-7-5-4-6-8-9/h4-8,10,12H,1-3H3;4-8H,1-3H3. The van der Waals surface area contributed by atoms with Crippen molar-refractivity contribution in [1.29, 1.82) is 0 Å². The van der Waals surface area contributed by atoms with Gasteiger partial charge in [0, 0.05) is 11.0 Å². The molecule has 2 aromatic rings. The number of carbonyl (C=O) groups is 1. The third kappa shape index (κ3) is 6.29. The first-order valence-corrected chi connectivity index (χ1v) is 8.36. The maximum atomic E-state index is 11.7. The molecule has 0 aromatic heterocycles. The zero-order valence-corrected chi connectivity index (χ0v) is 15.7. The first kappa shape index (κ1) is 20.1. The number of benzene rings is 2. The van der Waals surface area contributed by atoms with Gasteiger partial charge in [0.25, 0.3) is 0 Å². The van der Waals surface area contributed by atoms with Crippen LogP contribution >= 0.6 is 0 Å². The van der Waals surface area contributed by atoms with Gasteiger partial charge in [-0.1, -0.05) is 102 Å². The third-order valence-corrected chi connectivity index (χ3v) is 3.65. The second-order valence-corrected chi connectivity index (χ2v) is 8.12. The molecule has 0 aliphatic heterocycles. The molecule has 0 aliphatic rings. The van der Waals surface area contributed by atoms with Gasteiger partial charge in [-0.25, -0.2) is 0 Å². The SMILES string of the molecule is CC(C)(C)C(=O)c1ccccc1.CC(C)(C)C(O)c1ccccc1. The maximum Gasteiger partial charge on any atom is 0.168 e. The van der Waals surface area contributed by atoms with Crippen LogP contribution in [0.2, 0.25) is 0 Å². The zero-order valence-electron chi connectivity index (χ0n) is 15.7. The Bertz CT molecular complexity index is 617. The maximum absolute atomic E-state index is 11.7. The molecule has 0 saturated carbocycles. The molecule has 0 fully saturated rings. The summed E-state index contributed by atoms with van der Waals surface area (Å²) in [6.07, 6.45) is -0.376. The first-order valence-electron chi connectivity index (χ1n) is 8.36. The van der Waals surface area contributed by atoms with E-state index in [1.54, 1.807) is 0 Å². The lowest BCUT2D eigenvalue weighted by Crippen LogP contribution is -2.19. The van der Waals surface area contributed by atoms with Crippen molar-refractivity contribution in [2.75, 3.05) is 0 Å². The summed E-state index contributed by atoms with van der Waals surface area (Å²) in [6, 6.07) is 19.2. The minimum Gasteiger partial charge on any atom is -0.388 e. The molecular formula is C22H30O2. The summed E-state index contributed by atoms with van der Waals surface area (Å²) in [7, 11) is 0. The highest BCUT2D eigenvalue weighted by molar-refractivity contribution is 5.99. The van der Waals surface area contributed by atoms with Crippen LogP contribution in [-0.4, -0.2) is 10.9 Å². The van der Waals surface area contributed by atoms with Crippen LogP contribution in [0.3, 0.4) is 0 Å². The molecule has 0 heterocycles. The summed E-state index contributed by atoms with van der Waals surface area (Å²) in [5.74, 6) is 0.197. The van der Waals surface area contributed by atoms with Crippen LogP contribution in [0.1, 0.15) is 63.6 Å². The van der Waals surface area contributed by atoms with Gasteiger partial charge in [-0.3, -0.25) is 4.79 Å². The van der Waals surface area contributed by atoms with Crippen molar-refractivity contribution in [2.24, 2.45) is 10.8 Å². The van der Waals surface area contributed by atoms with Gasteiger partial charge >= 0.3 is 0 Å². The normalized spacial score (nSPS) is 12.8. The fraction of sp³-hybridized carbons (Fsp3) is 0.409. The molecule has 2 aromatic carbocycles. The molecule has 0 spiro atoms. The minimum atomic E-state index is -0.376. The summed E-state index contributed by atoms with van der Waals surface area (Å²) in [5, 5.41) is 9.86. The number of carbonyl (C=O) groups excluding carboxylic acids is 1. The molecule has 0 bridgehead atoms.